The molecule has 1 unspecified atom stereocenters. The van der Waals surface area contributed by atoms with Crippen LogP contribution in [0.4, 0.5) is 0 Å². The third-order valence-corrected chi connectivity index (χ3v) is 3.99. The summed E-state index contributed by atoms with van der Waals surface area (Å²) in [6, 6.07) is 0. The van der Waals surface area contributed by atoms with E-state index in [0.29, 0.717) is 19.6 Å². The van der Waals surface area contributed by atoms with Crippen molar-refractivity contribution in [1.29, 1.82) is 0 Å². The molecule has 6 heteroatoms. The van der Waals surface area contributed by atoms with Crippen molar-refractivity contribution in [2.45, 2.75) is 58.3 Å². The van der Waals surface area contributed by atoms with E-state index in [1.165, 1.54) is 0 Å². The van der Waals surface area contributed by atoms with E-state index < -0.39 is 22.7 Å². The lowest BCUT2D eigenvalue weighted by Gasteiger charge is -2.52. The molecule has 124 valence electrons. The zero-order chi connectivity index (χ0) is 17.0. The fourth-order valence-corrected chi connectivity index (χ4v) is 2.61. The zero-order valence-electron chi connectivity index (χ0n) is 13.8. The van der Waals surface area contributed by atoms with E-state index in [-0.39, 0.29) is 18.7 Å². The maximum Gasteiger partial charge on any atom is 0.250 e. The number of primary amides is 1. The Kier molecular flexibility index (Phi) is 5.60. The van der Waals surface area contributed by atoms with Crippen LogP contribution in [0.25, 0.3) is 0 Å². The topological polar surface area (TPSA) is 90.7 Å². The van der Waals surface area contributed by atoms with Crippen LogP contribution >= 0.6 is 0 Å². The van der Waals surface area contributed by atoms with Crippen LogP contribution in [0.5, 0.6) is 0 Å². The van der Waals surface area contributed by atoms with Gasteiger partial charge in [-0.3, -0.25) is 9.59 Å². The summed E-state index contributed by atoms with van der Waals surface area (Å²) in [5.41, 5.74) is 3.75. The molecular weight excluding hydrogens is 284 g/mol. The van der Waals surface area contributed by atoms with Crippen LogP contribution in [-0.2, 0) is 19.1 Å². The number of terminal acetylenes is 1. The van der Waals surface area contributed by atoms with Gasteiger partial charge in [0, 0.05) is 24.8 Å². The number of hydrogen-bond donors (Lipinski definition) is 2. The number of nitrogens with two attached hydrogens (primary N) is 1. The van der Waals surface area contributed by atoms with Crippen molar-refractivity contribution < 1.29 is 19.1 Å². The molecule has 1 aliphatic heterocycles. The molecule has 6 nitrogen and oxygen atoms in total. The van der Waals surface area contributed by atoms with Gasteiger partial charge in [-0.05, 0) is 20.3 Å². The van der Waals surface area contributed by atoms with Crippen LogP contribution < -0.4 is 11.1 Å². The first-order valence-corrected chi connectivity index (χ1v) is 7.40. The van der Waals surface area contributed by atoms with E-state index in [0.717, 1.165) is 0 Å². The molecule has 0 aromatic carbocycles. The van der Waals surface area contributed by atoms with Crippen molar-refractivity contribution in [2.24, 2.45) is 11.1 Å². The highest BCUT2D eigenvalue weighted by Gasteiger charge is 2.57. The SMILES string of the molecule is C#CCCNC(=O)CCC1(C(N)=O)OC(C)(C)OCC1(C)C. The number of ether oxygens (including phenoxy) is 2. The zero-order valence-corrected chi connectivity index (χ0v) is 13.8. The summed E-state index contributed by atoms with van der Waals surface area (Å²) in [5.74, 6) is 0.763. The van der Waals surface area contributed by atoms with Gasteiger partial charge in [0.2, 0.25) is 11.8 Å². The Hall–Kier alpha value is -1.58. The number of carbonyl (C=O) groups excluding carboxylic acids is 2. The van der Waals surface area contributed by atoms with E-state index in [4.69, 9.17) is 21.6 Å². The Balaban J connectivity index is 2.84. The summed E-state index contributed by atoms with van der Waals surface area (Å²) in [6.07, 6.45) is 5.93. The molecule has 3 N–H and O–H groups in total. The van der Waals surface area contributed by atoms with Gasteiger partial charge in [-0.25, -0.2) is 0 Å². The molecule has 22 heavy (non-hydrogen) atoms. The first-order chi connectivity index (χ1) is 10.1. The average Bonchev–Trinajstić information content (AvgIpc) is 2.40. The average molecular weight is 310 g/mol. The second-order valence-electron chi connectivity index (χ2n) is 6.67. The van der Waals surface area contributed by atoms with Crippen molar-refractivity contribution in [3.05, 3.63) is 0 Å². The number of carbonyl (C=O) groups is 2. The molecule has 1 aliphatic rings. The van der Waals surface area contributed by atoms with Gasteiger partial charge in [-0.1, -0.05) is 13.8 Å². The summed E-state index contributed by atoms with van der Waals surface area (Å²) in [4.78, 5) is 24.0. The molecule has 1 atom stereocenters. The van der Waals surface area contributed by atoms with Gasteiger partial charge < -0.3 is 20.5 Å². The van der Waals surface area contributed by atoms with Gasteiger partial charge in [0.15, 0.2) is 11.4 Å². The Bertz CT molecular complexity index is 479. The van der Waals surface area contributed by atoms with Crippen molar-refractivity contribution >= 4 is 11.8 Å². The quantitative estimate of drug-likeness (QED) is 0.564. The van der Waals surface area contributed by atoms with Crippen molar-refractivity contribution in [2.75, 3.05) is 13.2 Å². The molecule has 0 aromatic rings. The third-order valence-electron chi connectivity index (χ3n) is 3.99. The van der Waals surface area contributed by atoms with Crippen molar-refractivity contribution in [1.82, 2.24) is 5.32 Å². The monoisotopic (exact) mass is 310 g/mol. The largest absolute Gasteiger partial charge is 0.367 e. The predicted octanol–water partition coefficient (Wildman–Crippen LogP) is 0.939. The molecule has 0 aliphatic carbocycles. The standard InChI is InChI=1S/C16H26N2O4/c1-6-7-10-18-12(19)8-9-16(13(17)20)14(2,3)11-21-15(4,5)22-16/h1H,7-11H2,2-5H3,(H2,17,20)(H,18,19). The molecule has 0 aromatic heterocycles. The lowest BCUT2D eigenvalue weighted by atomic mass is 9.71. The minimum absolute atomic E-state index is 0.132. The summed E-state index contributed by atoms with van der Waals surface area (Å²) in [5, 5.41) is 2.71. The van der Waals surface area contributed by atoms with Gasteiger partial charge in [-0.2, -0.15) is 0 Å². The molecule has 0 spiro atoms. The Morgan fingerprint density at radius 2 is 1.95 bits per heavy atom. The Labute approximate surface area is 132 Å². The van der Waals surface area contributed by atoms with Crippen LogP contribution in [0.15, 0.2) is 0 Å². The van der Waals surface area contributed by atoms with Crippen LogP contribution in [0.3, 0.4) is 0 Å². The van der Waals surface area contributed by atoms with Crippen molar-refractivity contribution in [3.8, 4) is 12.3 Å². The fraction of sp³-hybridized carbons (Fsp3) is 0.750. The van der Waals surface area contributed by atoms with Crippen LogP contribution in [0, 0.1) is 17.8 Å². The summed E-state index contributed by atoms with van der Waals surface area (Å²) in [7, 11) is 0. The third kappa shape index (κ3) is 3.99. The highest BCUT2D eigenvalue weighted by molar-refractivity contribution is 5.86. The van der Waals surface area contributed by atoms with Crippen molar-refractivity contribution in [3.63, 3.8) is 0 Å². The smallest absolute Gasteiger partial charge is 0.250 e. The Morgan fingerprint density at radius 1 is 1.32 bits per heavy atom. The first-order valence-electron chi connectivity index (χ1n) is 7.40. The molecule has 0 bridgehead atoms. The van der Waals surface area contributed by atoms with Gasteiger partial charge >= 0.3 is 0 Å². The molecule has 1 rings (SSSR count). The number of nitrogens with one attached hydrogen (secondary N) is 1. The lowest BCUT2D eigenvalue weighted by Crippen LogP contribution is -2.65. The molecule has 1 fully saturated rings. The van der Waals surface area contributed by atoms with Crippen LogP contribution in [0.1, 0.15) is 47.0 Å². The second-order valence-corrected chi connectivity index (χ2v) is 6.67. The maximum atomic E-state index is 12.1. The number of rotatable bonds is 6. The highest BCUT2D eigenvalue weighted by atomic mass is 16.7. The highest BCUT2D eigenvalue weighted by Crippen LogP contribution is 2.45. The molecular formula is C16H26N2O4. The number of hydrogen-bond acceptors (Lipinski definition) is 4. The minimum Gasteiger partial charge on any atom is -0.367 e. The van der Waals surface area contributed by atoms with Gasteiger partial charge in [0.1, 0.15) is 0 Å². The molecule has 1 heterocycles. The Morgan fingerprint density at radius 3 is 2.50 bits per heavy atom. The van der Waals surface area contributed by atoms with Gasteiger partial charge in [-0.15, -0.1) is 12.3 Å². The van der Waals surface area contributed by atoms with E-state index in [1.54, 1.807) is 13.8 Å². The summed E-state index contributed by atoms with van der Waals surface area (Å²) >= 11 is 0. The van der Waals surface area contributed by atoms with Gasteiger partial charge in [0.05, 0.1) is 6.61 Å². The van der Waals surface area contributed by atoms with Gasteiger partial charge in [0.25, 0.3) is 0 Å². The predicted molar refractivity (Wildman–Crippen MR) is 82.5 cm³/mol. The van der Waals surface area contributed by atoms with Crippen LogP contribution in [0.2, 0.25) is 0 Å². The molecule has 0 radical (unpaired) electrons. The minimum atomic E-state index is -1.25. The van der Waals surface area contributed by atoms with E-state index in [1.807, 2.05) is 13.8 Å². The van der Waals surface area contributed by atoms with E-state index >= 15 is 0 Å². The van der Waals surface area contributed by atoms with E-state index in [2.05, 4.69) is 11.2 Å². The first kappa shape index (κ1) is 18.5. The summed E-state index contributed by atoms with van der Waals surface area (Å²) < 4.78 is 11.5. The summed E-state index contributed by atoms with van der Waals surface area (Å²) in [6.45, 7) is 7.89. The second kappa shape index (κ2) is 6.67. The molecule has 1 saturated heterocycles. The van der Waals surface area contributed by atoms with E-state index in [9.17, 15) is 9.59 Å². The lowest BCUT2D eigenvalue weighted by molar-refractivity contribution is -0.342. The normalized spacial score (nSPS) is 26.0. The number of amides is 2. The molecule has 2 amide bonds. The fourth-order valence-electron chi connectivity index (χ4n) is 2.61. The molecule has 0 saturated carbocycles. The van der Waals surface area contributed by atoms with Crippen LogP contribution in [-0.4, -0.2) is 36.4 Å². The maximum absolute atomic E-state index is 12.1.